The molecular weight excluding hydrogens is 324 g/mol. The van der Waals surface area contributed by atoms with E-state index in [0.717, 1.165) is 25.0 Å². The first kappa shape index (κ1) is 18.3. The molecule has 5 nitrogen and oxygen atoms in total. The van der Waals surface area contributed by atoms with E-state index < -0.39 is 0 Å². The van der Waals surface area contributed by atoms with E-state index in [1.165, 1.54) is 6.07 Å². The van der Waals surface area contributed by atoms with Gasteiger partial charge in [0.2, 0.25) is 0 Å². The van der Waals surface area contributed by atoms with Gasteiger partial charge in [0.05, 0.1) is 18.0 Å². The Morgan fingerprint density at radius 1 is 1.12 bits per heavy atom. The number of phenolic OH excluding ortho intramolecular Hbond substituents is 1. The van der Waals surface area contributed by atoms with E-state index in [9.17, 15) is 5.11 Å². The molecule has 136 valence electrons. The number of piperidine rings is 1. The largest absolute Gasteiger partial charge is 0.509 e. The topological polar surface area (TPSA) is 62.4 Å². The van der Waals surface area contributed by atoms with Gasteiger partial charge in [0, 0.05) is 16.6 Å². The quantitative estimate of drug-likeness (QED) is 0.800. The van der Waals surface area contributed by atoms with Gasteiger partial charge in [-0.15, -0.1) is 0 Å². The SMILES string of the molecule is [C-]#[N+]c1ccc(-c2ccc(CC3CC(C)(C)NC(C)(C)C3)nn2)c(O)c1. The number of benzene rings is 1. The maximum atomic E-state index is 10.1. The summed E-state index contributed by atoms with van der Waals surface area (Å²) in [4.78, 5) is 3.32. The van der Waals surface area contributed by atoms with Crippen LogP contribution in [0, 0.1) is 12.5 Å². The number of phenols is 1. The highest BCUT2D eigenvalue weighted by Gasteiger charge is 2.37. The lowest BCUT2D eigenvalue weighted by molar-refractivity contribution is 0.128. The Bertz CT molecular complexity index is 818. The summed E-state index contributed by atoms with van der Waals surface area (Å²) in [6.07, 6.45) is 3.13. The van der Waals surface area contributed by atoms with E-state index in [1.54, 1.807) is 12.1 Å². The molecule has 2 heterocycles. The Labute approximate surface area is 155 Å². The molecular formula is C21H26N4O. The van der Waals surface area contributed by atoms with E-state index in [1.807, 2.05) is 12.1 Å². The monoisotopic (exact) mass is 350 g/mol. The average Bonchev–Trinajstić information content (AvgIpc) is 2.52. The zero-order chi connectivity index (χ0) is 18.9. The van der Waals surface area contributed by atoms with Gasteiger partial charge in [-0.05, 0) is 71.1 Å². The third-order valence-electron chi connectivity index (χ3n) is 4.88. The number of aromatic nitrogens is 2. The normalized spacial score (nSPS) is 19.0. The highest BCUT2D eigenvalue weighted by molar-refractivity contribution is 5.70. The van der Waals surface area contributed by atoms with Crippen molar-refractivity contribution in [3.63, 3.8) is 0 Å². The minimum atomic E-state index is 0.0578. The van der Waals surface area contributed by atoms with E-state index in [4.69, 9.17) is 6.57 Å². The molecule has 1 aliphatic heterocycles. The Balaban J connectivity index is 1.75. The molecule has 3 rings (SSSR count). The summed E-state index contributed by atoms with van der Waals surface area (Å²) in [5, 5.41) is 22.5. The number of hydrogen-bond donors (Lipinski definition) is 2. The van der Waals surface area contributed by atoms with Gasteiger partial charge in [0.1, 0.15) is 5.75 Å². The molecule has 1 saturated heterocycles. The summed E-state index contributed by atoms with van der Waals surface area (Å²) in [6.45, 7) is 16.0. The minimum absolute atomic E-state index is 0.0578. The molecule has 0 atom stereocenters. The van der Waals surface area contributed by atoms with Crippen molar-refractivity contribution >= 4 is 5.69 Å². The van der Waals surface area contributed by atoms with Gasteiger partial charge < -0.3 is 10.4 Å². The molecule has 0 bridgehead atoms. The first-order chi connectivity index (χ1) is 12.2. The number of aromatic hydroxyl groups is 1. The second kappa shape index (κ2) is 6.69. The molecule has 0 unspecified atom stereocenters. The molecule has 2 N–H and O–H groups in total. The van der Waals surface area contributed by atoms with Crippen LogP contribution < -0.4 is 5.32 Å². The zero-order valence-corrected chi connectivity index (χ0v) is 15.9. The van der Waals surface area contributed by atoms with Crippen LogP contribution in [-0.4, -0.2) is 26.4 Å². The number of nitrogens with one attached hydrogen (secondary N) is 1. The Morgan fingerprint density at radius 3 is 2.35 bits per heavy atom. The molecule has 1 fully saturated rings. The smallest absolute Gasteiger partial charge is 0.190 e. The van der Waals surface area contributed by atoms with Gasteiger partial charge >= 0.3 is 0 Å². The van der Waals surface area contributed by atoms with Crippen LogP contribution in [0.4, 0.5) is 5.69 Å². The molecule has 1 aromatic carbocycles. The zero-order valence-electron chi connectivity index (χ0n) is 15.9. The summed E-state index contributed by atoms with van der Waals surface area (Å²) < 4.78 is 0. The number of hydrogen-bond acceptors (Lipinski definition) is 4. The van der Waals surface area contributed by atoms with Crippen molar-refractivity contribution in [1.29, 1.82) is 0 Å². The third kappa shape index (κ3) is 4.20. The van der Waals surface area contributed by atoms with Crippen LogP contribution in [0.3, 0.4) is 0 Å². The predicted octanol–water partition coefficient (Wildman–Crippen LogP) is 4.50. The first-order valence-corrected chi connectivity index (χ1v) is 9.00. The van der Waals surface area contributed by atoms with E-state index in [2.05, 4.69) is 48.1 Å². The maximum Gasteiger partial charge on any atom is 0.190 e. The van der Waals surface area contributed by atoms with Crippen molar-refractivity contribution in [3.8, 4) is 17.0 Å². The Kier molecular flexibility index (Phi) is 4.72. The lowest BCUT2D eigenvalue weighted by Gasteiger charge is -2.46. The van der Waals surface area contributed by atoms with E-state index in [0.29, 0.717) is 22.9 Å². The van der Waals surface area contributed by atoms with Crippen molar-refractivity contribution in [2.45, 2.75) is 58.0 Å². The highest BCUT2D eigenvalue weighted by atomic mass is 16.3. The summed E-state index contributed by atoms with van der Waals surface area (Å²) in [5.41, 5.74) is 2.85. The standard InChI is InChI=1S/C21H26N4O/c1-20(2)12-14(13-21(3,4)25-20)10-16-7-9-18(24-23-16)17-8-6-15(22-5)11-19(17)26/h6-9,11,14,25-26H,10,12-13H2,1-4H3. The molecule has 26 heavy (non-hydrogen) atoms. The fourth-order valence-electron chi connectivity index (χ4n) is 4.39. The molecule has 5 heteroatoms. The van der Waals surface area contributed by atoms with Crippen LogP contribution in [0.1, 0.15) is 46.2 Å². The second-order valence-corrected chi connectivity index (χ2v) is 8.59. The molecule has 0 amide bonds. The minimum Gasteiger partial charge on any atom is -0.509 e. The maximum absolute atomic E-state index is 10.1. The fourth-order valence-corrected chi connectivity index (χ4v) is 4.39. The van der Waals surface area contributed by atoms with Crippen molar-refractivity contribution in [3.05, 3.63) is 47.4 Å². The van der Waals surface area contributed by atoms with E-state index in [-0.39, 0.29) is 16.8 Å². The van der Waals surface area contributed by atoms with Gasteiger partial charge in [0.15, 0.2) is 5.69 Å². The molecule has 0 radical (unpaired) electrons. The van der Waals surface area contributed by atoms with Crippen LogP contribution in [0.5, 0.6) is 5.75 Å². The van der Waals surface area contributed by atoms with Gasteiger partial charge in [0.25, 0.3) is 0 Å². The summed E-state index contributed by atoms with van der Waals surface area (Å²) in [6, 6.07) is 8.73. The molecule has 0 saturated carbocycles. The first-order valence-electron chi connectivity index (χ1n) is 9.00. The van der Waals surface area contributed by atoms with Crippen LogP contribution in [-0.2, 0) is 6.42 Å². The van der Waals surface area contributed by atoms with E-state index >= 15 is 0 Å². The summed E-state index contributed by atoms with van der Waals surface area (Å²) in [7, 11) is 0. The molecule has 1 aromatic heterocycles. The Morgan fingerprint density at radius 2 is 1.81 bits per heavy atom. The van der Waals surface area contributed by atoms with Crippen LogP contribution >= 0.6 is 0 Å². The van der Waals surface area contributed by atoms with Crippen molar-refractivity contribution < 1.29 is 5.11 Å². The van der Waals surface area contributed by atoms with Crippen molar-refractivity contribution in [2.75, 3.05) is 0 Å². The van der Waals surface area contributed by atoms with Gasteiger partial charge in [-0.3, -0.25) is 0 Å². The molecule has 1 aliphatic rings. The number of rotatable bonds is 3. The average molecular weight is 350 g/mol. The molecule has 2 aromatic rings. The van der Waals surface area contributed by atoms with Crippen molar-refractivity contribution in [1.82, 2.24) is 15.5 Å². The Hall–Kier alpha value is -2.45. The van der Waals surface area contributed by atoms with Crippen LogP contribution in [0.25, 0.3) is 16.1 Å². The number of nitrogens with zero attached hydrogens (tertiary/aromatic N) is 3. The lowest BCUT2D eigenvalue weighted by Crippen LogP contribution is -2.58. The highest BCUT2D eigenvalue weighted by Crippen LogP contribution is 2.35. The van der Waals surface area contributed by atoms with Gasteiger partial charge in [-0.2, -0.15) is 10.2 Å². The lowest BCUT2D eigenvalue weighted by atomic mass is 9.74. The predicted molar refractivity (Wildman–Crippen MR) is 103 cm³/mol. The fraction of sp³-hybridized carbons (Fsp3) is 0.476. The van der Waals surface area contributed by atoms with Crippen molar-refractivity contribution in [2.24, 2.45) is 5.92 Å². The van der Waals surface area contributed by atoms with Gasteiger partial charge in [-0.1, -0.05) is 12.1 Å². The third-order valence-corrected chi connectivity index (χ3v) is 4.88. The van der Waals surface area contributed by atoms with Gasteiger partial charge in [-0.25, -0.2) is 4.85 Å². The second-order valence-electron chi connectivity index (χ2n) is 8.59. The van der Waals surface area contributed by atoms with Crippen LogP contribution in [0.2, 0.25) is 0 Å². The molecule has 0 spiro atoms. The molecule has 0 aliphatic carbocycles. The summed E-state index contributed by atoms with van der Waals surface area (Å²) in [5.74, 6) is 0.621. The van der Waals surface area contributed by atoms with Crippen LogP contribution in [0.15, 0.2) is 30.3 Å². The summed E-state index contributed by atoms with van der Waals surface area (Å²) >= 11 is 0.